The summed E-state index contributed by atoms with van der Waals surface area (Å²) >= 11 is 0. The van der Waals surface area contributed by atoms with E-state index in [1.807, 2.05) is 20.0 Å². The summed E-state index contributed by atoms with van der Waals surface area (Å²) < 4.78 is 26.3. The quantitative estimate of drug-likeness (QED) is 0.777. The Labute approximate surface area is 113 Å². The third-order valence-electron chi connectivity index (χ3n) is 3.41. The highest BCUT2D eigenvalue weighted by molar-refractivity contribution is 7.89. The average Bonchev–Trinajstić information content (AvgIpc) is 2.41. The monoisotopic (exact) mass is 280 g/mol. The fourth-order valence-corrected chi connectivity index (χ4v) is 3.44. The van der Waals surface area contributed by atoms with Gasteiger partial charge in [-0.1, -0.05) is 0 Å². The van der Waals surface area contributed by atoms with Crippen LogP contribution < -0.4 is 0 Å². The first-order valence-electron chi connectivity index (χ1n) is 6.01. The van der Waals surface area contributed by atoms with Crippen LogP contribution in [0, 0.1) is 11.3 Å². The van der Waals surface area contributed by atoms with Crippen LogP contribution in [-0.2, 0) is 10.0 Å². The molecule has 6 nitrogen and oxygen atoms in total. The van der Waals surface area contributed by atoms with Crippen molar-refractivity contribution in [3.8, 4) is 6.07 Å². The molecular weight excluding hydrogens is 264 g/mol. The molecule has 19 heavy (non-hydrogen) atoms. The average molecular weight is 280 g/mol. The Morgan fingerprint density at radius 1 is 1.42 bits per heavy atom. The van der Waals surface area contributed by atoms with Crippen molar-refractivity contribution < 1.29 is 8.42 Å². The van der Waals surface area contributed by atoms with Gasteiger partial charge in [0.25, 0.3) is 0 Å². The van der Waals surface area contributed by atoms with E-state index in [9.17, 15) is 8.42 Å². The molecule has 0 aliphatic carbocycles. The lowest BCUT2D eigenvalue weighted by Crippen LogP contribution is -2.51. The van der Waals surface area contributed by atoms with Crippen LogP contribution in [0.2, 0.25) is 0 Å². The molecule has 0 spiro atoms. The van der Waals surface area contributed by atoms with Crippen LogP contribution in [0.5, 0.6) is 0 Å². The Balaban J connectivity index is 2.25. The van der Waals surface area contributed by atoms with Crippen LogP contribution >= 0.6 is 0 Å². The predicted molar refractivity (Wildman–Crippen MR) is 69.8 cm³/mol. The zero-order valence-corrected chi connectivity index (χ0v) is 11.8. The topological polar surface area (TPSA) is 77.3 Å². The van der Waals surface area contributed by atoms with E-state index in [2.05, 4.69) is 9.88 Å². The van der Waals surface area contributed by atoms with Crippen molar-refractivity contribution in [1.29, 1.82) is 5.26 Å². The van der Waals surface area contributed by atoms with E-state index in [0.717, 1.165) is 0 Å². The second-order valence-electron chi connectivity index (χ2n) is 4.68. The Morgan fingerprint density at radius 3 is 2.68 bits per heavy atom. The van der Waals surface area contributed by atoms with Crippen molar-refractivity contribution in [3.05, 3.63) is 24.0 Å². The van der Waals surface area contributed by atoms with E-state index in [0.29, 0.717) is 19.6 Å². The molecule has 1 atom stereocenters. The van der Waals surface area contributed by atoms with E-state index >= 15 is 0 Å². The molecule has 0 saturated carbocycles. The Bertz CT molecular complexity index is 591. The Hall–Kier alpha value is -1.49. The molecule has 1 aromatic heterocycles. The minimum Gasteiger partial charge on any atom is -0.301 e. The zero-order chi connectivity index (χ0) is 14.0. The first kappa shape index (κ1) is 13.9. The number of piperazine rings is 1. The maximum absolute atomic E-state index is 12.4. The SMILES string of the molecule is CC1CN(S(=O)(=O)c2ccc(C#N)nc2)CCN1C. The zero-order valence-electron chi connectivity index (χ0n) is 10.9. The summed E-state index contributed by atoms with van der Waals surface area (Å²) in [4.78, 5) is 6.08. The molecular formula is C12H16N4O2S. The van der Waals surface area contributed by atoms with Gasteiger partial charge in [0, 0.05) is 31.9 Å². The third kappa shape index (κ3) is 2.76. The largest absolute Gasteiger partial charge is 0.301 e. The summed E-state index contributed by atoms with van der Waals surface area (Å²) in [5, 5.41) is 8.67. The van der Waals surface area contributed by atoms with Gasteiger partial charge in [0.15, 0.2) is 0 Å². The molecule has 1 saturated heterocycles. The van der Waals surface area contributed by atoms with Crippen molar-refractivity contribution in [3.63, 3.8) is 0 Å². The first-order chi connectivity index (χ1) is 8.95. The summed E-state index contributed by atoms with van der Waals surface area (Å²) in [7, 11) is -1.52. The smallest absolute Gasteiger partial charge is 0.244 e. The van der Waals surface area contributed by atoms with Gasteiger partial charge in [-0.3, -0.25) is 0 Å². The molecule has 0 aromatic carbocycles. The number of likely N-dealkylation sites (N-methyl/N-ethyl adjacent to an activating group) is 1. The summed E-state index contributed by atoms with van der Waals surface area (Å²) in [6.45, 7) is 3.66. The number of nitrogens with zero attached hydrogens (tertiary/aromatic N) is 4. The molecule has 102 valence electrons. The standard InChI is InChI=1S/C12H16N4O2S/c1-10-9-16(6-5-15(10)2)19(17,18)12-4-3-11(7-13)14-8-12/h3-4,8,10H,5-6,9H2,1-2H3. The lowest BCUT2D eigenvalue weighted by Gasteiger charge is -2.36. The van der Waals surface area contributed by atoms with E-state index < -0.39 is 10.0 Å². The van der Waals surface area contributed by atoms with Gasteiger partial charge in [0.2, 0.25) is 10.0 Å². The third-order valence-corrected chi connectivity index (χ3v) is 5.26. The second kappa shape index (κ2) is 5.25. The minimum atomic E-state index is -3.51. The molecule has 1 unspecified atom stereocenters. The lowest BCUT2D eigenvalue weighted by atomic mass is 10.2. The van der Waals surface area contributed by atoms with Crippen LogP contribution in [0.15, 0.2) is 23.2 Å². The number of sulfonamides is 1. The van der Waals surface area contributed by atoms with Gasteiger partial charge in [0.05, 0.1) is 0 Å². The minimum absolute atomic E-state index is 0.142. The fraction of sp³-hybridized carbons (Fsp3) is 0.500. The Morgan fingerprint density at radius 2 is 2.16 bits per heavy atom. The van der Waals surface area contributed by atoms with Gasteiger partial charge < -0.3 is 4.90 Å². The van der Waals surface area contributed by atoms with E-state index in [-0.39, 0.29) is 16.6 Å². The maximum atomic E-state index is 12.4. The van der Waals surface area contributed by atoms with E-state index in [4.69, 9.17) is 5.26 Å². The lowest BCUT2D eigenvalue weighted by molar-refractivity contribution is 0.159. The van der Waals surface area contributed by atoms with Crippen LogP contribution in [0.4, 0.5) is 0 Å². The highest BCUT2D eigenvalue weighted by Crippen LogP contribution is 2.18. The molecule has 0 bridgehead atoms. The molecule has 1 fully saturated rings. The van der Waals surface area contributed by atoms with Gasteiger partial charge in [-0.2, -0.15) is 9.57 Å². The number of rotatable bonds is 2. The number of hydrogen-bond acceptors (Lipinski definition) is 5. The van der Waals surface area contributed by atoms with Crippen molar-refractivity contribution in [1.82, 2.24) is 14.2 Å². The second-order valence-corrected chi connectivity index (χ2v) is 6.62. The number of aromatic nitrogens is 1. The Kier molecular flexibility index (Phi) is 3.85. The summed E-state index contributed by atoms with van der Waals surface area (Å²) in [6, 6.07) is 4.92. The van der Waals surface area contributed by atoms with Gasteiger partial charge in [-0.15, -0.1) is 0 Å². The molecule has 2 heterocycles. The van der Waals surface area contributed by atoms with Gasteiger partial charge >= 0.3 is 0 Å². The molecule has 1 aliphatic heterocycles. The highest BCUT2D eigenvalue weighted by Gasteiger charge is 2.30. The van der Waals surface area contributed by atoms with Gasteiger partial charge in [-0.25, -0.2) is 13.4 Å². The fourth-order valence-electron chi connectivity index (χ4n) is 1.98. The normalized spacial score (nSPS) is 22.1. The molecule has 0 radical (unpaired) electrons. The summed E-state index contributed by atoms with van der Waals surface area (Å²) in [5.41, 5.74) is 0.214. The molecule has 1 aliphatic rings. The van der Waals surface area contributed by atoms with Crippen molar-refractivity contribution in [2.75, 3.05) is 26.7 Å². The number of nitriles is 1. The van der Waals surface area contributed by atoms with Gasteiger partial charge in [0.1, 0.15) is 16.7 Å². The van der Waals surface area contributed by atoms with Crippen LogP contribution in [0.3, 0.4) is 0 Å². The summed E-state index contributed by atoms with van der Waals surface area (Å²) in [5.74, 6) is 0. The van der Waals surface area contributed by atoms with Crippen molar-refractivity contribution >= 4 is 10.0 Å². The van der Waals surface area contributed by atoms with E-state index in [1.165, 1.54) is 22.6 Å². The highest BCUT2D eigenvalue weighted by atomic mass is 32.2. The van der Waals surface area contributed by atoms with Crippen molar-refractivity contribution in [2.45, 2.75) is 17.9 Å². The van der Waals surface area contributed by atoms with Crippen LogP contribution in [0.25, 0.3) is 0 Å². The van der Waals surface area contributed by atoms with E-state index in [1.54, 1.807) is 0 Å². The van der Waals surface area contributed by atoms with Gasteiger partial charge in [-0.05, 0) is 26.1 Å². The van der Waals surface area contributed by atoms with Crippen LogP contribution in [0.1, 0.15) is 12.6 Å². The van der Waals surface area contributed by atoms with Crippen molar-refractivity contribution in [2.24, 2.45) is 0 Å². The molecule has 0 N–H and O–H groups in total. The molecule has 7 heteroatoms. The summed E-state index contributed by atoms with van der Waals surface area (Å²) in [6.07, 6.45) is 1.25. The molecule has 0 amide bonds. The maximum Gasteiger partial charge on any atom is 0.244 e. The number of pyridine rings is 1. The predicted octanol–water partition coefficient (Wildman–Crippen LogP) is 0.278. The number of hydrogen-bond donors (Lipinski definition) is 0. The first-order valence-corrected chi connectivity index (χ1v) is 7.45. The molecule has 1 aromatic rings. The van der Waals surface area contributed by atoms with Crippen LogP contribution in [-0.4, -0.2) is 55.3 Å². The molecule has 2 rings (SSSR count).